The van der Waals surface area contributed by atoms with Gasteiger partial charge in [-0.1, -0.05) is 0 Å². The zero-order valence-corrected chi connectivity index (χ0v) is 12.7. The van der Waals surface area contributed by atoms with Crippen molar-refractivity contribution in [3.8, 4) is 5.82 Å². The standard InChI is InChI=1S/C14H21N7/c1-10-8-11(2)21(18-10)14-12(15)13(16-9-17-14)20-6-4-19(3)5-7-20/h8-9H,4-7,15H2,1-3H3. The van der Waals surface area contributed by atoms with Gasteiger partial charge in [0, 0.05) is 31.9 Å². The van der Waals surface area contributed by atoms with Gasteiger partial charge >= 0.3 is 0 Å². The molecule has 2 aromatic heterocycles. The Morgan fingerprint density at radius 2 is 1.71 bits per heavy atom. The lowest BCUT2D eigenvalue weighted by Crippen LogP contribution is -2.45. The average molecular weight is 287 g/mol. The number of aromatic nitrogens is 4. The van der Waals surface area contributed by atoms with Crippen LogP contribution in [0.4, 0.5) is 11.5 Å². The molecule has 0 saturated carbocycles. The Labute approximate surface area is 124 Å². The highest BCUT2D eigenvalue weighted by molar-refractivity contribution is 5.70. The fourth-order valence-electron chi connectivity index (χ4n) is 2.66. The molecule has 0 spiro atoms. The van der Waals surface area contributed by atoms with Crippen LogP contribution in [0.3, 0.4) is 0 Å². The van der Waals surface area contributed by atoms with E-state index < -0.39 is 0 Å². The number of likely N-dealkylation sites (N-methyl/N-ethyl adjacent to an activating group) is 1. The number of nitrogens with zero attached hydrogens (tertiary/aromatic N) is 6. The molecule has 7 heteroatoms. The number of aryl methyl sites for hydroxylation is 2. The first-order valence-corrected chi connectivity index (χ1v) is 7.14. The van der Waals surface area contributed by atoms with Crippen molar-refractivity contribution in [1.82, 2.24) is 24.6 Å². The molecule has 112 valence electrons. The number of nitrogen functional groups attached to an aromatic ring is 1. The Hall–Kier alpha value is -2.15. The molecule has 1 fully saturated rings. The largest absolute Gasteiger partial charge is 0.393 e. The Kier molecular flexibility index (Phi) is 3.50. The summed E-state index contributed by atoms with van der Waals surface area (Å²) in [6.07, 6.45) is 1.57. The summed E-state index contributed by atoms with van der Waals surface area (Å²) in [4.78, 5) is 13.2. The first-order valence-electron chi connectivity index (χ1n) is 7.14. The maximum atomic E-state index is 6.32. The molecule has 2 aromatic rings. The highest BCUT2D eigenvalue weighted by Crippen LogP contribution is 2.26. The molecule has 0 bridgehead atoms. The minimum Gasteiger partial charge on any atom is -0.393 e. The zero-order valence-electron chi connectivity index (χ0n) is 12.7. The normalized spacial score (nSPS) is 16.4. The van der Waals surface area contributed by atoms with E-state index >= 15 is 0 Å². The lowest BCUT2D eigenvalue weighted by atomic mass is 10.3. The first kappa shape index (κ1) is 13.8. The van der Waals surface area contributed by atoms with Crippen LogP contribution in [0.5, 0.6) is 0 Å². The number of rotatable bonds is 2. The fraction of sp³-hybridized carbons (Fsp3) is 0.500. The Bertz CT molecular complexity index is 641. The maximum Gasteiger partial charge on any atom is 0.182 e. The van der Waals surface area contributed by atoms with E-state index in [4.69, 9.17) is 5.73 Å². The number of anilines is 2. The molecule has 2 N–H and O–H groups in total. The van der Waals surface area contributed by atoms with Crippen LogP contribution in [0.15, 0.2) is 12.4 Å². The van der Waals surface area contributed by atoms with Gasteiger partial charge in [-0.05, 0) is 27.0 Å². The Balaban J connectivity index is 1.97. The Morgan fingerprint density at radius 3 is 2.33 bits per heavy atom. The molecule has 0 radical (unpaired) electrons. The van der Waals surface area contributed by atoms with Gasteiger partial charge in [0.15, 0.2) is 11.6 Å². The summed E-state index contributed by atoms with van der Waals surface area (Å²) >= 11 is 0. The van der Waals surface area contributed by atoms with Crippen molar-refractivity contribution in [2.75, 3.05) is 43.9 Å². The number of piperazine rings is 1. The molecule has 0 aliphatic carbocycles. The molecule has 1 aliphatic heterocycles. The van der Waals surface area contributed by atoms with E-state index in [9.17, 15) is 0 Å². The highest BCUT2D eigenvalue weighted by atomic mass is 15.3. The van der Waals surface area contributed by atoms with Gasteiger partial charge in [0.1, 0.15) is 12.0 Å². The maximum absolute atomic E-state index is 6.32. The minimum atomic E-state index is 0.591. The molecule has 0 amide bonds. The smallest absolute Gasteiger partial charge is 0.182 e. The van der Waals surface area contributed by atoms with Gasteiger partial charge in [0.2, 0.25) is 0 Å². The van der Waals surface area contributed by atoms with Crippen molar-refractivity contribution in [3.05, 3.63) is 23.8 Å². The van der Waals surface area contributed by atoms with E-state index in [-0.39, 0.29) is 0 Å². The quantitative estimate of drug-likeness (QED) is 0.872. The zero-order chi connectivity index (χ0) is 15.0. The molecule has 0 unspecified atom stereocenters. The second kappa shape index (κ2) is 5.33. The van der Waals surface area contributed by atoms with Crippen LogP contribution in [0.1, 0.15) is 11.4 Å². The summed E-state index contributed by atoms with van der Waals surface area (Å²) in [5.41, 5.74) is 8.88. The van der Waals surface area contributed by atoms with Crippen LogP contribution in [0.2, 0.25) is 0 Å². The molecule has 1 saturated heterocycles. The summed E-state index contributed by atoms with van der Waals surface area (Å²) in [7, 11) is 2.13. The van der Waals surface area contributed by atoms with Gasteiger partial charge in [-0.2, -0.15) is 5.10 Å². The molecule has 3 rings (SSSR count). The van der Waals surface area contributed by atoms with Gasteiger partial charge in [-0.3, -0.25) is 0 Å². The topological polar surface area (TPSA) is 76.1 Å². The lowest BCUT2D eigenvalue weighted by Gasteiger charge is -2.33. The van der Waals surface area contributed by atoms with Crippen molar-refractivity contribution >= 4 is 11.5 Å². The van der Waals surface area contributed by atoms with Crippen LogP contribution < -0.4 is 10.6 Å². The van der Waals surface area contributed by atoms with Crippen LogP contribution in [0, 0.1) is 13.8 Å². The van der Waals surface area contributed by atoms with Gasteiger partial charge in [0.25, 0.3) is 0 Å². The number of nitrogens with two attached hydrogens (primary N) is 1. The van der Waals surface area contributed by atoms with Crippen molar-refractivity contribution in [2.24, 2.45) is 0 Å². The van der Waals surface area contributed by atoms with Crippen LogP contribution in [0.25, 0.3) is 5.82 Å². The van der Waals surface area contributed by atoms with E-state index in [1.165, 1.54) is 0 Å². The van der Waals surface area contributed by atoms with Crippen molar-refractivity contribution in [3.63, 3.8) is 0 Å². The first-order chi connectivity index (χ1) is 10.1. The third kappa shape index (κ3) is 2.56. The monoisotopic (exact) mass is 287 g/mol. The second-order valence-electron chi connectivity index (χ2n) is 5.56. The lowest BCUT2D eigenvalue weighted by molar-refractivity contribution is 0.312. The highest BCUT2D eigenvalue weighted by Gasteiger charge is 2.20. The second-order valence-corrected chi connectivity index (χ2v) is 5.56. The molecular weight excluding hydrogens is 266 g/mol. The van der Waals surface area contributed by atoms with Crippen LogP contribution >= 0.6 is 0 Å². The summed E-state index contributed by atoms with van der Waals surface area (Å²) in [6.45, 7) is 7.83. The van der Waals surface area contributed by atoms with E-state index in [2.05, 4.69) is 31.9 Å². The number of hydrogen-bond donors (Lipinski definition) is 1. The van der Waals surface area contributed by atoms with Crippen molar-refractivity contribution < 1.29 is 0 Å². The van der Waals surface area contributed by atoms with E-state index in [1.807, 2.05) is 19.9 Å². The third-order valence-corrected chi connectivity index (χ3v) is 3.85. The van der Waals surface area contributed by atoms with Crippen molar-refractivity contribution in [2.45, 2.75) is 13.8 Å². The average Bonchev–Trinajstić information content (AvgIpc) is 2.79. The molecule has 3 heterocycles. The molecule has 0 aromatic carbocycles. The number of hydrogen-bond acceptors (Lipinski definition) is 6. The van der Waals surface area contributed by atoms with E-state index in [0.29, 0.717) is 11.5 Å². The van der Waals surface area contributed by atoms with Crippen LogP contribution in [-0.2, 0) is 0 Å². The molecular formula is C14H21N7. The van der Waals surface area contributed by atoms with Gasteiger partial charge in [0.05, 0.1) is 5.69 Å². The fourth-order valence-corrected chi connectivity index (χ4v) is 2.66. The predicted molar refractivity (Wildman–Crippen MR) is 82.8 cm³/mol. The SMILES string of the molecule is Cc1cc(C)n(-c2ncnc(N3CCN(C)CC3)c2N)n1. The minimum absolute atomic E-state index is 0.591. The summed E-state index contributed by atoms with van der Waals surface area (Å²) in [5.74, 6) is 1.46. The molecule has 1 aliphatic rings. The van der Waals surface area contributed by atoms with Crippen LogP contribution in [-0.4, -0.2) is 57.9 Å². The summed E-state index contributed by atoms with van der Waals surface area (Å²) in [6, 6.07) is 2.01. The van der Waals surface area contributed by atoms with E-state index in [1.54, 1.807) is 11.0 Å². The summed E-state index contributed by atoms with van der Waals surface area (Å²) in [5, 5.41) is 4.46. The van der Waals surface area contributed by atoms with Gasteiger partial charge in [-0.25, -0.2) is 14.6 Å². The third-order valence-electron chi connectivity index (χ3n) is 3.85. The molecule has 21 heavy (non-hydrogen) atoms. The van der Waals surface area contributed by atoms with Crippen molar-refractivity contribution in [1.29, 1.82) is 0 Å². The predicted octanol–water partition coefficient (Wildman–Crippen LogP) is 0.613. The van der Waals surface area contributed by atoms with E-state index in [0.717, 1.165) is 43.4 Å². The Morgan fingerprint density at radius 1 is 1.05 bits per heavy atom. The summed E-state index contributed by atoms with van der Waals surface area (Å²) < 4.78 is 1.78. The van der Waals surface area contributed by atoms with Gasteiger partial charge in [-0.15, -0.1) is 0 Å². The molecule has 0 atom stereocenters. The molecule has 7 nitrogen and oxygen atoms in total. The van der Waals surface area contributed by atoms with Gasteiger partial charge < -0.3 is 15.5 Å².